The van der Waals surface area contributed by atoms with Crippen LogP contribution in [0.1, 0.15) is 69.1 Å². The molecule has 4 rings (SSSR count). The van der Waals surface area contributed by atoms with E-state index in [2.05, 4.69) is 31.7 Å². The molecule has 0 saturated carbocycles. The van der Waals surface area contributed by atoms with Crippen molar-refractivity contribution < 1.29 is 19.1 Å². The van der Waals surface area contributed by atoms with E-state index in [9.17, 15) is 14.4 Å². The van der Waals surface area contributed by atoms with Gasteiger partial charge in [0.1, 0.15) is 5.82 Å². The van der Waals surface area contributed by atoms with Crippen LogP contribution in [-0.2, 0) is 25.5 Å². The average Bonchev–Trinajstić information content (AvgIpc) is 2.95. The second-order valence-electron chi connectivity index (χ2n) is 11.5. The van der Waals surface area contributed by atoms with Crippen molar-refractivity contribution in [2.75, 3.05) is 50.8 Å². The van der Waals surface area contributed by atoms with Gasteiger partial charge in [0, 0.05) is 69.0 Å². The fraction of sp³-hybridized carbons (Fsp3) is 0.567. The number of hydrogen-bond acceptors (Lipinski definition) is 8. The Balaban J connectivity index is 1.45. The molecule has 1 aromatic carbocycles. The van der Waals surface area contributed by atoms with Gasteiger partial charge < -0.3 is 19.4 Å². The van der Waals surface area contributed by atoms with Crippen LogP contribution in [0.3, 0.4) is 0 Å². The standard InChI is InChI=1S/C30H41N5O4S/c1-6-39-28(38)24-11-8-12-35(19-24)27(37)23-10-7-9-22(17-23)20-40-29-31-25(30(3,4)5)18-26(32-29)34-15-13-33(14-16-34)21(2)36/h7,9-10,17-18,24H,6,8,11-16,19-20H2,1-5H3/t24-/m1/s1. The first kappa shape index (κ1) is 29.8. The van der Waals surface area contributed by atoms with Crippen molar-refractivity contribution in [1.29, 1.82) is 0 Å². The van der Waals surface area contributed by atoms with Crippen LogP contribution in [-0.4, -0.2) is 83.4 Å². The Hall–Kier alpha value is -3.14. The molecule has 0 spiro atoms. The molecule has 2 fully saturated rings. The van der Waals surface area contributed by atoms with E-state index >= 15 is 0 Å². The molecule has 2 aliphatic rings. The fourth-order valence-corrected chi connectivity index (χ4v) is 5.81. The number of aromatic nitrogens is 2. The van der Waals surface area contributed by atoms with Crippen molar-refractivity contribution in [3.63, 3.8) is 0 Å². The minimum absolute atomic E-state index is 0.0567. The van der Waals surface area contributed by atoms with Gasteiger partial charge >= 0.3 is 5.97 Å². The molecule has 1 atom stereocenters. The van der Waals surface area contributed by atoms with Gasteiger partial charge in [0.25, 0.3) is 5.91 Å². The third kappa shape index (κ3) is 7.53. The molecule has 0 bridgehead atoms. The van der Waals surface area contributed by atoms with Gasteiger partial charge in [-0.1, -0.05) is 44.7 Å². The van der Waals surface area contributed by atoms with Crippen LogP contribution < -0.4 is 4.90 Å². The van der Waals surface area contributed by atoms with Crippen LogP contribution in [0, 0.1) is 5.92 Å². The van der Waals surface area contributed by atoms with Gasteiger partial charge in [-0.3, -0.25) is 14.4 Å². The Kier molecular flexibility index (Phi) is 9.71. The van der Waals surface area contributed by atoms with Gasteiger partial charge in [0.2, 0.25) is 5.91 Å². The summed E-state index contributed by atoms with van der Waals surface area (Å²) >= 11 is 1.55. The van der Waals surface area contributed by atoms with Crippen molar-refractivity contribution in [3.8, 4) is 0 Å². The summed E-state index contributed by atoms with van der Waals surface area (Å²) in [6.07, 6.45) is 1.54. The molecule has 2 saturated heterocycles. The number of rotatable bonds is 7. The predicted octanol–water partition coefficient (Wildman–Crippen LogP) is 4.15. The number of carbonyl (C=O) groups is 3. The van der Waals surface area contributed by atoms with E-state index in [4.69, 9.17) is 14.7 Å². The predicted molar refractivity (Wildman–Crippen MR) is 156 cm³/mol. The van der Waals surface area contributed by atoms with Crippen molar-refractivity contribution >= 4 is 35.4 Å². The number of hydrogen-bond donors (Lipinski definition) is 0. The van der Waals surface area contributed by atoms with Gasteiger partial charge in [0.05, 0.1) is 18.2 Å². The van der Waals surface area contributed by atoms with Gasteiger partial charge in [-0.2, -0.15) is 0 Å². The lowest BCUT2D eigenvalue weighted by Crippen LogP contribution is -2.48. The SMILES string of the molecule is CCOC(=O)[C@@H]1CCCN(C(=O)c2cccc(CSc3nc(N4CCN(C(C)=O)CC4)cc(C(C)(C)C)n3)c2)C1. The zero-order valence-corrected chi connectivity index (χ0v) is 25.1. The molecular weight excluding hydrogens is 526 g/mol. The van der Waals surface area contributed by atoms with Crippen LogP contribution in [0.25, 0.3) is 0 Å². The highest BCUT2D eigenvalue weighted by Crippen LogP contribution is 2.29. The summed E-state index contributed by atoms with van der Waals surface area (Å²) in [5.74, 6) is 1.08. The molecule has 40 heavy (non-hydrogen) atoms. The molecular formula is C30H41N5O4S. The number of piperidine rings is 1. The molecule has 9 nitrogen and oxygen atoms in total. The molecule has 0 aliphatic carbocycles. The Morgan fingerprint density at radius 2 is 1.77 bits per heavy atom. The Bertz CT molecular complexity index is 1220. The first-order valence-corrected chi connectivity index (χ1v) is 15.1. The lowest BCUT2D eigenvalue weighted by atomic mass is 9.92. The molecule has 0 radical (unpaired) electrons. The number of esters is 1. The van der Waals surface area contributed by atoms with E-state index in [0.29, 0.717) is 49.3 Å². The molecule has 2 aliphatic heterocycles. The van der Waals surface area contributed by atoms with Crippen molar-refractivity contribution in [2.45, 2.75) is 63.8 Å². The molecule has 0 unspecified atom stereocenters. The molecule has 3 heterocycles. The Labute approximate surface area is 241 Å². The van der Waals surface area contributed by atoms with E-state index in [0.717, 1.165) is 43.0 Å². The second kappa shape index (κ2) is 13.0. The number of anilines is 1. The van der Waals surface area contributed by atoms with Crippen molar-refractivity contribution in [2.24, 2.45) is 5.92 Å². The zero-order valence-electron chi connectivity index (χ0n) is 24.3. The highest BCUT2D eigenvalue weighted by molar-refractivity contribution is 7.98. The molecule has 10 heteroatoms. The van der Waals surface area contributed by atoms with Gasteiger partial charge in [-0.25, -0.2) is 9.97 Å². The highest BCUT2D eigenvalue weighted by Gasteiger charge is 2.30. The fourth-order valence-electron chi connectivity index (χ4n) is 5.01. The Morgan fingerprint density at radius 1 is 1.02 bits per heavy atom. The lowest BCUT2D eigenvalue weighted by Gasteiger charge is -2.35. The van der Waals surface area contributed by atoms with E-state index in [-0.39, 0.29) is 29.1 Å². The molecule has 2 aromatic rings. The van der Waals surface area contributed by atoms with Crippen molar-refractivity contribution in [3.05, 3.63) is 47.2 Å². The normalized spacial score (nSPS) is 18.0. The summed E-state index contributed by atoms with van der Waals surface area (Å²) in [5.41, 5.74) is 2.46. The Morgan fingerprint density at radius 3 is 2.45 bits per heavy atom. The molecule has 2 amide bonds. The maximum absolute atomic E-state index is 13.3. The minimum atomic E-state index is -0.261. The topological polar surface area (TPSA) is 95.9 Å². The minimum Gasteiger partial charge on any atom is -0.466 e. The van der Waals surface area contributed by atoms with E-state index in [1.165, 1.54) is 0 Å². The van der Waals surface area contributed by atoms with Crippen LogP contribution in [0.5, 0.6) is 0 Å². The van der Waals surface area contributed by atoms with Crippen LogP contribution in [0.4, 0.5) is 5.82 Å². The van der Waals surface area contributed by atoms with Crippen LogP contribution >= 0.6 is 11.8 Å². The monoisotopic (exact) mass is 567 g/mol. The maximum Gasteiger partial charge on any atom is 0.310 e. The second-order valence-corrected chi connectivity index (χ2v) is 12.4. The van der Waals surface area contributed by atoms with Gasteiger partial charge in [-0.05, 0) is 37.5 Å². The van der Waals surface area contributed by atoms with E-state index in [1.807, 2.05) is 29.2 Å². The third-order valence-corrected chi connectivity index (χ3v) is 8.30. The largest absolute Gasteiger partial charge is 0.466 e. The van der Waals surface area contributed by atoms with Crippen LogP contribution in [0.2, 0.25) is 0 Å². The summed E-state index contributed by atoms with van der Waals surface area (Å²) in [5, 5.41) is 0.696. The highest BCUT2D eigenvalue weighted by atomic mass is 32.2. The quantitative estimate of drug-likeness (QED) is 0.280. The molecule has 1 aromatic heterocycles. The van der Waals surface area contributed by atoms with Gasteiger partial charge in [0.15, 0.2) is 5.16 Å². The first-order valence-electron chi connectivity index (χ1n) is 14.1. The summed E-state index contributed by atoms with van der Waals surface area (Å²) in [6.45, 7) is 14.1. The first-order chi connectivity index (χ1) is 19.0. The number of amides is 2. The summed E-state index contributed by atoms with van der Waals surface area (Å²) in [6, 6.07) is 9.74. The van der Waals surface area contributed by atoms with E-state index < -0.39 is 0 Å². The number of carbonyl (C=O) groups excluding carboxylic acids is 3. The summed E-state index contributed by atoms with van der Waals surface area (Å²) < 4.78 is 5.19. The number of nitrogens with zero attached hydrogens (tertiary/aromatic N) is 5. The lowest BCUT2D eigenvalue weighted by molar-refractivity contribution is -0.149. The number of ether oxygens (including phenoxy) is 1. The average molecular weight is 568 g/mol. The smallest absolute Gasteiger partial charge is 0.310 e. The number of benzene rings is 1. The molecule has 0 N–H and O–H groups in total. The van der Waals surface area contributed by atoms with E-state index in [1.54, 1.807) is 30.5 Å². The maximum atomic E-state index is 13.3. The number of piperazine rings is 1. The summed E-state index contributed by atoms with van der Waals surface area (Å²) in [7, 11) is 0. The van der Waals surface area contributed by atoms with Gasteiger partial charge in [-0.15, -0.1) is 0 Å². The third-order valence-electron chi connectivity index (χ3n) is 7.38. The zero-order chi connectivity index (χ0) is 28.9. The molecule has 216 valence electrons. The van der Waals surface area contributed by atoms with Crippen molar-refractivity contribution in [1.82, 2.24) is 19.8 Å². The number of thioether (sulfide) groups is 1. The number of likely N-dealkylation sites (tertiary alicyclic amines) is 1. The summed E-state index contributed by atoms with van der Waals surface area (Å²) in [4.78, 5) is 52.9. The van der Waals surface area contributed by atoms with Crippen LogP contribution in [0.15, 0.2) is 35.5 Å².